The zero-order valence-electron chi connectivity index (χ0n) is 10.7. The van der Waals surface area contributed by atoms with E-state index < -0.39 is 5.54 Å². The van der Waals surface area contributed by atoms with E-state index in [0.717, 1.165) is 24.1 Å². The second kappa shape index (κ2) is 4.14. The van der Waals surface area contributed by atoms with Gasteiger partial charge < -0.3 is 11.1 Å². The molecule has 3 N–H and O–H groups in total. The van der Waals surface area contributed by atoms with Crippen LogP contribution < -0.4 is 11.1 Å². The summed E-state index contributed by atoms with van der Waals surface area (Å²) in [6.07, 6.45) is 3.90. The molecule has 5 heteroatoms. The van der Waals surface area contributed by atoms with Gasteiger partial charge in [-0.3, -0.25) is 9.48 Å². The lowest BCUT2D eigenvalue weighted by Gasteiger charge is -2.23. The van der Waals surface area contributed by atoms with Gasteiger partial charge in [0.25, 0.3) is 0 Å². The summed E-state index contributed by atoms with van der Waals surface area (Å²) in [6, 6.07) is 0. The predicted molar refractivity (Wildman–Crippen MR) is 65.1 cm³/mol. The maximum atomic E-state index is 12.0. The van der Waals surface area contributed by atoms with Crippen molar-refractivity contribution in [3.63, 3.8) is 0 Å². The van der Waals surface area contributed by atoms with E-state index in [-0.39, 0.29) is 5.91 Å². The van der Waals surface area contributed by atoms with Crippen molar-refractivity contribution in [1.29, 1.82) is 0 Å². The average Bonchev–Trinajstić information content (AvgIpc) is 3.07. The highest BCUT2D eigenvalue weighted by Crippen LogP contribution is 2.38. The summed E-state index contributed by atoms with van der Waals surface area (Å²) in [7, 11) is 1.89. The second-order valence-corrected chi connectivity index (χ2v) is 5.12. The lowest BCUT2D eigenvalue weighted by Crippen LogP contribution is -2.53. The van der Waals surface area contributed by atoms with Crippen molar-refractivity contribution in [1.82, 2.24) is 15.1 Å². The molecule has 94 valence electrons. The second-order valence-electron chi connectivity index (χ2n) is 5.12. The van der Waals surface area contributed by atoms with Gasteiger partial charge in [-0.15, -0.1) is 0 Å². The molecule has 1 amide bonds. The molecule has 5 nitrogen and oxygen atoms in total. The molecular formula is C12H20N4O. The molecule has 1 heterocycles. The van der Waals surface area contributed by atoms with E-state index in [0.29, 0.717) is 12.5 Å². The number of carbonyl (C=O) groups excluding carboxylic acids is 1. The van der Waals surface area contributed by atoms with Gasteiger partial charge >= 0.3 is 0 Å². The maximum Gasteiger partial charge on any atom is 0.240 e. The minimum Gasteiger partial charge on any atom is -0.350 e. The van der Waals surface area contributed by atoms with E-state index in [9.17, 15) is 4.79 Å². The van der Waals surface area contributed by atoms with Crippen LogP contribution in [0, 0.1) is 12.8 Å². The van der Waals surface area contributed by atoms with Crippen LogP contribution in [0.5, 0.6) is 0 Å². The van der Waals surface area contributed by atoms with Crippen molar-refractivity contribution in [2.24, 2.45) is 18.7 Å². The molecule has 1 unspecified atom stereocenters. The Kier molecular flexibility index (Phi) is 2.95. The summed E-state index contributed by atoms with van der Waals surface area (Å²) in [5.74, 6) is 0.278. The van der Waals surface area contributed by atoms with Crippen LogP contribution in [0.2, 0.25) is 0 Å². The lowest BCUT2D eigenvalue weighted by atomic mass is 9.96. The highest BCUT2D eigenvalue weighted by molar-refractivity contribution is 5.86. The molecule has 1 atom stereocenters. The van der Waals surface area contributed by atoms with Gasteiger partial charge in [-0.1, -0.05) is 0 Å². The van der Waals surface area contributed by atoms with Crippen molar-refractivity contribution in [3.05, 3.63) is 17.5 Å². The molecule has 0 bridgehead atoms. The lowest BCUT2D eigenvalue weighted by molar-refractivity contribution is -0.126. The molecule has 0 spiro atoms. The van der Waals surface area contributed by atoms with Gasteiger partial charge in [-0.05, 0) is 32.6 Å². The van der Waals surface area contributed by atoms with Crippen molar-refractivity contribution in [2.45, 2.75) is 38.8 Å². The quantitative estimate of drug-likeness (QED) is 0.798. The summed E-state index contributed by atoms with van der Waals surface area (Å²) in [4.78, 5) is 12.0. The Balaban J connectivity index is 1.94. The third-order valence-corrected chi connectivity index (χ3v) is 3.69. The zero-order chi connectivity index (χ0) is 12.6. The summed E-state index contributed by atoms with van der Waals surface area (Å²) in [5, 5.41) is 7.04. The van der Waals surface area contributed by atoms with Gasteiger partial charge in [-0.25, -0.2) is 0 Å². The Morgan fingerprint density at radius 3 is 2.82 bits per heavy atom. The van der Waals surface area contributed by atoms with Crippen LogP contribution in [-0.2, 0) is 18.4 Å². The summed E-state index contributed by atoms with van der Waals surface area (Å²) in [5.41, 5.74) is 7.41. The minimum absolute atomic E-state index is 0.0664. The first-order chi connectivity index (χ1) is 7.93. The molecule has 1 aliphatic carbocycles. The highest BCUT2D eigenvalue weighted by Gasteiger charge is 2.43. The smallest absolute Gasteiger partial charge is 0.240 e. The van der Waals surface area contributed by atoms with Crippen LogP contribution in [0.25, 0.3) is 0 Å². The molecule has 2 rings (SSSR count). The van der Waals surface area contributed by atoms with Crippen LogP contribution in [-0.4, -0.2) is 21.2 Å². The summed E-state index contributed by atoms with van der Waals surface area (Å²) in [6.45, 7) is 4.30. The SMILES string of the molecule is Cc1c(CNC(=O)C(C)(N)C2CC2)cnn1C. The molecule has 1 aromatic rings. The monoisotopic (exact) mass is 236 g/mol. The van der Waals surface area contributed by atoms with E-state index in [1.165, 1.54) is 0 Å². The largest absolute Gasteiger partial charge is 0.350 e. The predicted octanol–water partition coefficient (Wildman–Crippen LogP) is 0.472. The Morgan fingerprint density at radius 1 is 1.71 bits per heavy atom. The topological polar surface area (TPSA) is 72.9 Å². The molecule has 1 fully saturated rings. The fourth-order valence-corrected chi connectivity index (χ4v) is 1.95. The molecule has 0 aromatic carbocycles. The number of nitrogens with zero attached hydrogens (tertiary/aromatic N) is 2. The van der Waals surface area contributed by atoms with Gasteiger partial charge in [0.2, 0.25) is 5.91 Å². The molecule has 1 aromatic heterocycles. The minimum atomic E-state index is -0.726. The first-order valence-electron chi connectivity index (χ1n) is 5.97. The summed E-state index contributed by atoms with van der Waals surface area (Å²) >= 11 is 0. The molecule has 17 heavy (non-hydrogen) atoms. The van der Waals surface area contributed by atoms with E-state index >= 15 is 0 Å². The van der Waals surface area contributed by atoms with Crippen LogP contribution in [0.3, 0.4) is 0 Å². The Labute approximate surface area is 101 Å². The van der Waals surface area contributed by atoms with Crippen LogP contribution in [0.1, 0.15) is 31.0 Å². The number of aromatic nitrogens is 2. The standard InChI is InChI=1S/C12H20N4O/c1-8-9(7-15-16(8)3)6-14-11(17)12(2,13)10-4-5-10/h7,10H,4-6,13H2,1-3H3,(H,14,17). The van der Waals surface area contributed by atoms with Crippen LogP contribution in [0.4, 0.5) is 0 Å². The zero-order valence-corrected chi connectivity index (χ0v) is 10.7. The van der Waals surface area contributed by atoms with E-state index in [1.807, 2.05) is 20.9 Å². The molecular weight excluding hydrogens is 216 g/mol. The van der Waals surface area contributed by atoms with Gasteiger partial charge in [0.05, 0.1) is 11.7 Å². The van der Waals surface area contributed by atoms with E-state index in [1.54, 1.807) is 10.9 Å². The number of nitrogens with one attached hydrogen (secondary N) is 1. The third-order valence-electron chi connectivity index (χ3n) is 3.69. The van der Waals surface area contributed by atoms with E-state index in [4.69, 9.17) is 5.73 Å². The normalized spacial score (nSPS) is 18.8. The number of hydrogen-bond acceptors (Lipinski definition) is 3. The molecule has 0 aliphatic heterocycles. The Morgan fingerprint density at radius 2 is 2.35 bits per heavy atom. The van der Waals surface area contributed by atoms with Crippen molar-refractivity contribution in [2.75, 3.05) is 0 Å². The number of aryl methyl sites for hydroxylation is 1. The number of nitrogens with two attached hydrogens (primary N) is 1. The maximum absolute atomic E-state index is 12.0. The fourth-order valence-electron chi connectivity index (χ4n) is 1.95. The molecule has 1 aliphatic rings. The Hall–Kier alpha value is -1.36. The van der Waals surface area contributed by atoms with Crippen LogP contribution in [0.15, 0.2) is 6.20 Å². The van der Waals surface area contributed by atoms with Crippen molar-refractivity contribution < 1.29 is 4.79 Å². The highest BCUT2D eigenvalue weighted by atomic mass is 16.2. The number of amides is 1. The fraction of sp³-hybridized carbons (Fsp3) is 0.667. The van der Waals surface area contributed by atoms with Crippen LogP contribution >= 0.6 is 0 Å². The van der Waals surface area contributed by atoms with Gasteiger partial charge in [0, 0.05) is 24.8 Å². The van der Waals surface area contributed by atoms with Crippen molar-refractivity contribution >= 4 is 5.91 Å². The average molecular weight is 236 g/mol. The molecule has 0 saturated heterocycles. The number of rotatable bonds is 4. The van der Waals surface area contributed by atoms with Crippen molar-refractivity contribution in [3.8, 4) is 0 Å². The third kappa shape index (κ3) is 2.34. The molecule has 0 radical (unpaired) electrons. The first-order valence-corrected chi connectivity index (χ1v) is 5.97. The molecule has 1 saturated carbocycles. The first kappa shape index (κ1) is 12.1. The van der Waals surface area contributed by atoms with E-state index in [2.05, 4.69) is 10.4 Å². The number of carbonyl (C=O) groups is 1. The summed E-state index contributed by atoms with van der Waals surface area (Å²) < 4.78 is 1.80. The van der Waals surface area contributed by atoms with Gasteiger partial charge in [0.15, 0.2) is 0 Å². The van der Waals surface area contributed by atoms with Gasteiger partial charge in [-0.2, -0.15) is 5.10 Å². The van der Waals surface area contributed by atoms with Gasteiger partial charge in [0.1, 0.15) is 0 Å². The Bertz CT molecular complexity index is 432. The number of hydrogen-bond donors (Lipinski definition) is 2.